The predicted octanol–water partition coefficient (Wildman–Crippen LogP) is 2.18. The average molecular weight is 291 g/mol. The molecule has 1 atom stereocenters. The number of nitrogens with one attached hydrogen (secondary N) is 2. The van der Waals surface area contributed by atoms with Crippen LogP contribution in [0.4, 0.5) is 15.6 Å². The van der Waals surface area contributed by atoms with Gasteiger partial charge in [-0.3, -0.25) is 5.32 Å². The highest BCUT2D eigenvalue weighted by Crippen LogP contribution is 2.13. The van der Waals surface area contributed by atoms with Gasteiger partial charge >= 0.3 is 6.03 Å². The summed E-state index contributed by atoms with van der Waals surface area (Å²) in [5, 5.41) is 13.4. The zero-order valence-electron chi connectivity index (χ0n) is 11.4. The molecule has 0 aliphatic rings. The molecule has 1 heterocycles. The van der Waals surface area contributed by atoms with Gasteiger partial charge in [0.1, 0.15) is 5.51 Å². The first-order valence-corrected chi connectivity index (χ1v) is 7.13. The molecule has 0 saturated carbocycles. The Morgan fingerprint density at radius 2 is 2.15 bits per heavy atom. The highest BCUT2D eigenvalue weighted by molar-refractivity contribution is 7.13. The number of amides is 2. The van der Waals surface area contributed by atoms with Gasteiger partial charge in [-0.2, -0.15) is 0 Å². The number of aromatic nitrogens is 2. The third-order valence-electron chi connectivity index (χ3n) is 2.96. The number of carbonyl (C=O) groups is 1. The number of rotatable bonds is 5. The minimum absolute atomic E-state index is 0.178. The van der Waals surface area contributed by atoms with Crippen molar-refractivity contribution in [1.82, 2.24) is 15.5 Å². The summed E-state index contributed by atoms with van der Waals surface area (Å²) >= 11 is 1.28. The van der Waals surface area contributed by atoms with Crippen LogP contribution in [0.5, 0.6) is 0 Å². The molecule has 0 fully saturated rings. The maximum Gasteiger partial charge on any atom is 0.321 e. The van der Waals surface area contributed by atoms with Crippen LogP contribution in [0.25, 0.3) is 0 Å². The van der Waals surface area contributed by atoms with E-state index in [0.29, 0.717) is 11.7 Å². The summed E-state index contributed by atoms with van der Waals surface area (Å²) < 4.78 is 0. The molecule has 2 amide bonds. The quantitative estimate of drug-likeness (QED) is 0.886. The largest absolute Gasteiger partial charge is 0.370 e. The number of hydrogen-bond donors (Lipinski definition) is 2. The van der Waals surface area contributed by atoms with E-state index in [2.05, 4.69) is 32.7 Å². The fourth-order valence-corrected chi connectivity index (χ4v) is 2.10. The second-order valence-corrected chi connectivity index (χ2v) is 5.21. The lowest BCUT2D eigenvalue weighted by Gasteiger charge is -2.27. The van der Waals surface area contributed by atoms with E-state index < -0.39 is 0 Å². The maximum atomic E-state index is 11.7. The predicted molar refractivity (Wildman–Crippen MR) is 81.2 cm³/mol. The van der Waals surface area contributed by atoms with Gasteiger partial charge in [0, 0.05) is 25.3 Å². The molecule has 7 heteroatoms. The lowest BCUT2D eigenvalue weighted by atomic mass is 10.2. The third-order valence-corrected chi connectivity index (χ3v) is 3.57. The van der Waals surface area contributed by atoms with Crippen LogP contribution >= 0.6 is 11.3 Å². The molecule has 0 radical (unpaired) electrons. The zero-order valence-corrected chi connectivity index (χ0v) is 12.2. The summed E-state index contributed by atoms with van der Waals surface area (Å²) in [6.07, 6.45) is 0. The van der Waals surface area contributed by atoms with Gasteiger partial charge in [0.2, 0.25) is 5.13 Å². The molecule has 106 valence electrons. The van der Waals surface area contributed by atoms with E-state index in [1.54, 1.807) is 5.51 Å². The number of anilines is 2. The molecule has 20 heavy (non-hydrogen) atoms. The fraction of sp³-hybridized carbons (Fsp3) is 0.308. The van der Waals surface area contributed by atoms with Gasteiger partial charge in [0.05, 0.1) is 0 Å². The summed E-state index contributed by atoms with van der Waals surface area (Å²) in [5.74, 6) is 0. The molecule has 0 bridgehead atoms. The van der Waals surface area contributed by atoms with Gasteiger partial charge < -0.3 is 10.2 Å². The zero-order chi connectivity index (χ0) is 14.4. The van der Waals surface area contributed by atoms with E-state index in [1.807, 2.05) is 37.4 Å². The summed E-state index contributed by atoms with van der Waals surface area (Å²) in [4.78, 5) is 13.8. The Bertz CT molecular complexity index is 531. The van der Waals surface area contributed by atoms with Gasteiger partial charge in [-0.1, -0.05) is 29.5 Å². The molecular weight excluding hydrogens is 274 g/mol. The Balaban J connectivity index is 1.80. The number of likely N-dealkylation sites (N-methyl/N-ethyl adjacent to an activating group) is 1. The van der Waals surface area contributed by atoms with Gasteiger partial charge in [-0.15, -0.1) is 10.2 Å². The van der Waals surface area contributed by atoms with Crippen LogP contribution in [-0.4, -0.2) is 35.9 Å². The Labute approximate surface area is 121 Å². The van der Waals surface area contributed by atoms with Crippen LogP contribution in [0.1, 0.15) is 6.92 Å². The number of nitrogens with zero attached hydrogens (tertiary/aromatic N) is 3. The van der Waals surface area contributed by atoms with E-state index >= 15 is 0 Å². The van der Waals surface area contributed by atoms with E-state index in [1.165, 1.54) is 11.3 Å². The molecule has 6 nitrogen and oxygen atoms in total. The molecular formula is C13H17N5OS. The molecule has 0 aliphatic heterocycles. The number of carbonyl (C=O) groups excluding carboxylic acids is 1. The van der Waals surface area contributed by atoms with Crippen molar-refractivity contribution in [3.05, 3.63) is 35.8 Å². The van der Waals surface area contributed by atoms with Gasteiger partial charge in [-0.05, 0) is 19.1 Å². The van der Waals surface area contributed by atoms with Crippen molar-refractivity contribution in [1.29, 1.82) is 0 Å². The first kappa shape index (κ1) is 14.3. The minimum atomic E-state index is -0.268. The average Bonchev–Trinajstić information content (AvgIpc) is 2.97. The van der Waals surface area contributed by atoms with Crippen LogP contribution in [0.2, 0.25) is 0 Å². The van der Waals surface area contributed by atoms with Crippen LogP contribution in [-0.2, 0) is 0 Å². The van der Waals surface area contributed by atoms with Gasteiger partial charge in [0.15, 0.2) is 0 Å². The number of urea groups is 1. The summed E-state index contributed by atoms with van der Waals surface area (Å²) in [5.41, 5.74) is 2.69. The third kappa shape index (κ3) is 3.92. The Morgan fingerprint density at radius 1 is 1.40 bits per heavy atom. The first-order chi connectivity index (χ1) is 9.66. The van der Waals surface area contributed by atoms with Crippen LogP contribution in [0.15, 0.2) is 35.8 Å². The minimum Gasteiger partial charge on any atom is -0.370 e. The lowest BCUT2D eigenvalue weighted by Crippen LogP contribution is -2.41. The molecule has 2 aromatic rings. The van der Waals surface area contributed by atoms with Crippen molar-refractivity contribution in [2.45, 2.75) is 13.0 Å². The SMILES string of the molecule is C[C@@H](CNC(=O)Nc1nncs1)N(C)c1ccccc1. The summed E-state index contributed by atoms with van der Waals surface area (Å²) in [6.45, 7) is 2.59. The molecule has 0 aliphatic carbocycles. The van der Waals surface area contributed by atoms with Crippen molar-refractivity contribution >= 4 is 28.2 Å². The Morgan fingerprint density at radius 3 is 2.80 bits per heavy atom. The second-order valence-electron chi connectivity index (χ2n) is 4.37. The molecule has 2 rings (SSSR count). The molecule has 1 aromatic heterocycles. The summed E-state index contributed by atoms with van der Waals surface area (Å²) in [7, 11) is 2.00. The number of benzene rings is 1. The summed E-state index contributed by atoms with van der Waals surface area (Å²) in [6, 6.07) is 9.96. The molecule has 1 aromatic carbocycles. The first-order valence-electron chi connectivity index (χ1n) is 6.25. The van der Waals surface area contributed by atoms with E-state index in [4.69, 9.17) is 0 Å². The topological polar surface area (TPSA) is 70.1 Å². The Hall–Kier alpha value is -2.15. The van der Waals surface area contributed by atoms with Crippen molar-refractivity contribution < 1.29 is 4.79 Å². The van der Waals surface area contributed by atoms with Crippen LogP contribution in [0, 0.1) is 0 Å². The maximum absolute atomic E-state index is 11.7. The van der Waals surface area contributed by atoms with Crippen LogP contribution < -0.4 is 15.5 Å². The van der Waals surface area contributed by atoms with E-state index in [0.717, 1.165) is 5.69 Å². The monoisotopic (exact) mass is 291 g/mol. The van der Waals surface area contributed by atoms with Gasteiger partial charge in [-0.25, -0.2) is 4.79 Å². The van der Waals surface area contributed by atoms with E-state index in [9.17, 15) is 4.79 Å². The number of hydrogen-bond acceptors (Lipinski definition) is 5. The lowest BCUT2D eigenvalue weighted by molar-refractivity contribution is 0.251. The smallest absolute Gasteiger partial charge is 0.321 e. The molecule has 2 N–H and O–H groups in total. The normalized spacial score (nSPS) is 11.7. The van der Waals surface area contributed by atoms with E-state index in [-0.39, 0.29) is 12.1 Å². The number of para-hydroxylation sites is 1. The van der Waals surface area contributed by atoms with Crippen molar-refractivity contribution in [3.8, 4) is 0 Å². The highest BCUT2D eigenvalue weighted by Gasteiger charge is 2.11. The van der Waals surface area contributed by atoms with Crippen molar-refractivity contribution in [2.75, 3.05) is 23.8 Å². The molecule has 0 saturated heterocycles. The highest BCUT2D eigenvalue weighted by atomic mass is 32.1. The van der Waals surface area contributed by atoms with Crippen LogP contribution in [0.3, 0.4) is 0 Å². The van der Waals surface area contributed by atoms with Crippen molar-refractivity contribution in [2.24, 2.45) is 0 Å². The second kappa shape index (κ2) is 6.85. The fourth-order valence-electron chi connectivity index (χ4n) is 1.66. The standard InChI is InChI=1S/C13H17N5OS/c1-10(18(2)11-6-4-3-5-7-11)8-14-12(19)16-13-17-15-9-20-13/h3-7,9-10H,8H2,1-2H3,(H2,14,16,17,19)/t10-/m0/s1. The molecule has 0 unspecified atom stereocenters. The van der Waals surface area contributed by atoms with Gasteiger partial charge in [0.25, 0.3) is 0 Å². The Kier molecular flexibility index (Phi) is 4.89. The van der Waals surface area contributed by atoms with Crippen molar-refractivity contribution in [3.63, 3.8) is 0 Å². The molecule has 0 spiro atoms.